The molecule has 1 aliphatic rings. The van der Waals surface area contributed by atoms with Crippen molar-refractivity contribution in [2.75, 3.05) is 0 Å². The molecule has 0 bridgehead atoms. The number of nitrogens with zero attached hydrogens (tertiary/aromatic N) is 1. The van der Waals surface area contributed by atoms with E-state index in [0.717, 1.165) is 46.6 Å². The molecule has 7 rings (SSSR count). The minimum absolute atomic E-state index is 0. The number of aromatic nitrogens is 1. The SMILES string of the molecule is Cl.Oc1ccc2nc3ccccc3cc2c1C1CCCc2ccc3c(ccc4ccccc43)c21. The van der Waals surface area contributed by atoms with E-state index in [4.69, 9.17) is 4.98 Å². The van der Waals surface area contributed by atoms with Crippen LogP contribution in [-0.4, -0.2) is 10.1 Å². The minimum Gasteiger partial charge on any atom is -0.508 e. The molecule has 0 saturated heterocycles. The normalized spacial score (nSPS) is 15.5. The molecular weight excluding hydrogens is 438 g/mol. The van der Waals surface area contributed by atoms with Gasteiger partial charge in [0.2, 0.25) is 0 Å². The average Bonchev–Trinajstić information content (AvgIpc) is 2.87. The molecule has 0 fully saturated rings. The molecule has 0 radical (unpaired) electrons. The van der Waals surface area contributed by atoms with Gasteiger partial charge in [-0.15, -0.1) is 12.4 Å². The van der Waals surface area contributed by atoms with E-state index >= 15 is 0 Å². The second kappa shape index (κ2) is 8.00. The van der Waals surface area contributed by atoms with Crippen molar-refractivity contribution < 1.29 is 5.11 Å². The number of benzene rings is 5. The van der Waals surface area contributed by atoms with E-state index in [1.54, 1.807) is 0 Å². The maximum Gasteiger partial charge on any atom is 0.120 e. The van der Waals surface area contributed by atoms with Crippen LogP contribution in [0.2, 0.25) is 0 Å². The zero-order valence-corrected chi connectivity index (χ0v) is 19.5. The highest BCUT2D eigenvalue weighted by atomic mass is 35.5. The molecule has 0 aliphatic heterocycles. The summed E-state index contributed by atoms with van der Waals surface area (Å²) in [6.07, 6.45) is 3.23. The Morgan fingerprint density at radius 3 is 2.35 bits per heavy atom. The highest BCUT2D eigenvalue weighted by Crippen LogP contribution is 2.47. The fourth-order valence-corrected chi connectivity index (χ4v) is 5.94. The standard InChI is InChI=1S/C31H23NO.ClH/c33-29-17-16-28-26(18-21-7-2-4-11-27(21)32-28)31(29)25-10-5-8-20-13-14-23-22-9-3-1-6-19(22)12-15-24(23)30(20)25;/h1-4,6-7,9,11-18,25,33H,5,8,10H2;1H. The van der Waals surface area contributed by atoms with Crippen LogP contribution >= 0.6 is 12.4 Å². The number of phenols is 1. The van der Waals surface area contributed by atoms with E-state index in [2.05, 4.69) is 66.7 Å². The molecule has 5 aromatic carbocycles. The van der Waals surface area contributed by atoms with E-state index in [-0.39, 0.29) is 18.3 Å². The summed E-state index contributed by atoms with van der Waals surface area (Å²) in [5.41, 5.74) is 5.73. The molecule has 1 aliphatic carbocycles. The van der Waals surface area contributed by atoms with Gasteiger partial charge in [-0.3, -0.25) is 0 Å². The van der Waals surface area contributed by atoms with Crippen molar-refractivity contribution in [3.05, 3.63) is 108 Å². The van der Waals surface area contributed by atoms with Gasteiger partial charge in [-0.2, -0.15) is 0 Å². The predicted molar refractivity (Wildman–Crippen MR) is 144 cm³/mol. The third kappa shape index (κ3) is 3.06. The van der Waals surface area contributed by atoms with Crippen LogP contribution in [0.1, 0.15) is 35.4 Å². The van der Waals surface area contributed by atoms with E-state index in [1.807, 2.05) is 24.3 Å². The first-order valence-electron chi connectivity index (χ1n) is 11.7. The predicted octanol–water partition coefficient (Wildman–Crippen LogP) is 8.29. The van der Waals surface area contributed by atoms with E-state index < -0.39 is 0 Å². The largest absolute Gasteiger partial charge is 0.508 e. The molecule has 0 saturated carbocycles. The Morgan fingerprint density at radius 1 is 0.647 bits per heavy atom. The summed E-state index contributed by atoms with van der Waals surface area (Å²) in [6, 6.07) is 31.9. The van der Waals surface area contributed by atoms with Gasteiger partial charge in [-0.1, -0.05) is 66.7 Å². The fraction of sp³-hybridized carbons (Fsp3) is 0.129. The van der Waals surface area contributed by atoms with Gasteiger partial charge in [-0.25, -0.2) is 4.98 Å². The lowest BCUT2D eigenvalue weighted by Crippen LogP contribution is -2.12. The first kappa shape index (κ1) is 20.9. The van der Waals surface area contributed by atoms with Crippen molar-refractivity contribution in [1.82, 2.24) is 4.98 Å². The van der Waals surface area contributed by atoms with Crippen molar-refractivity contribution in [2.45, 2.75) is 25.2 Å². The Hall–Kier alpha value is -3.62. The molecule has 1 heterocycles. The van der Waals surface area contributed by atoms with E-state index in [1.165, 1.54) is 32.7 Å². The minimum atomic E-state index is 0. The van der Waals surface area contributed by atoms with Gasteiger partial charge >= 0.3 is 0 Å². The summed E-state index contributed by atoms with van der Waals surface area (Å²) in [5, 5.41) is 18.5. The van der Waals surface area contributed by atoms with Gasteiger partial charge in [-0.05, 0) is 76.2 Å². The number of hydrogen-bond acceptors (Lipinski definition) is 2. The molecule has 1 unspecified atom stereocenters. The van der Waals surface area contributed by atoms with Crippen molar-refractivity contribution >= 4 is 55.8 Å². The van der Waals surface area contributed by atoms with Crippen LogP contribution < -0.4 is 0 Å². The van der Waals surface area contributed by atoms with Crippen LogP contribution in [0, 0.1) is 0 Å². The van der Waals surface area contributed by atoms with E-state index in [9.17, 15) is 5.11 Å². The second-order valence-corrected chi connectivity index (χ2v) is 9.21. The smallest absolute Gasteiger partial charge is 0.120 e. The second-order valence-electron chi connectivity index (χ2n) is 9.21. The third-order valence-electron chi connectivity index (χ3n) is 7.41. The Morgan fingerprint density at radius 2 is 1.44 bits per heavy atom. The Kier molecular flexibility index (Phi) is 4.93. The molecular formula is C31H24ClNO. The quantitative estimate of drug-likeness (QED) is 0.197. The molecule has 1 atom stereocenters. The van der Waals surface area contributed by atoms with Crippen molar-refractivity contribution in [3.8, 4) is 5.75 Å². The number of hydrogen-bond donors (Lipinski definition) is 1. The maximum absolute atomic E-state index is 11.2. The maximum atomic E-state index is 11.2. The Bertz CT molecular complexity index is 1720. The van der Waals surface area contributed by atoms with Gasteiger partial charge in [0.05, 0.1) is 11.0 Å². The van der Waals surface area contributed by atoms with Crippen molar-refractivity contribution in [1.29, 1.82) is 0 Å². The summed E-state index contributed by atoms with van der Waals surface area (Å²) in [4.78, 5) is 4.92. The van der Waals surface area contributed by atoms with Crippen LogP contribution in [0.4, 0.5) is 0 Å². The van der Waals surface area contributed by atoms with Gasteiger partial charge in [0.1, 0.15) is 5.75 Å². The molecule has 0 amide bonds. The molecule has 2 nitrogen and oxygen atoms in total. The average molecular weight is 462 g/mol. The van der Waals surface area contributed by atoms with Gasteiger partial charge < -0.3 is 5.11 Å². The molecule has 34 heavy (non-hydrogen) atoms. The molecule has 1 N–H and O–H groups in total. The summed E-state index contributed by atoms with van der Waals surface area (Å²) in [7, 11) is 0. The fourth-order valence-electron chi connectivity index (χ4n) is 5.94. The number of rotatable bonds is 1. The Balaban J connectivity index is 0.00000217. The van der Waals surface area contributed by atoms with Gasteiger partial charge in [0.15, 0.2) is 0 Å². The van der Waals surface area contributed by atoms with Crippen LogP contribution in [0.3, 0.4) is 0 Å². The zero-order chi connectivity index (χ0) is 21.9. The van der Waals surface area contributed by atoms with Crippen molar-refractivity contribution in [3.63, 3.8) is 0 Å². The summed E-state index contributed by atoms with van der Waals surface area (Å²) >= 11 is 0. The number of phenolic OH excluding ortho intramolecular Hbond substituents is 1. The first-order chi connectivity index (χ1) is 16.3. The van der Waals surface area contributed by atoms with Crippen LogP contribution in [0.15, 0.2) is 91.0 Å². The Labute approximate surface area is 204 Å². The molecule has 0 spiro atoms. The van der Waals surface area contributed by atoms with Crippen LogP contribution in [-0.2, 0) is 6.42 Å². The highest BCUT2D eigenvalue weighted by molar-refractivity contribution is 6.09. The number of aryl methyl sites for hydroxylation is 1. The van der Waals surface area contributed by atoms with Gasteiger partial charge in [0, 0.05) is 22.3 Å². The monoisotopic (exact) mass is 461 g/mol. The van der Waals surface area contributed by atoms with Crippen LogP contribution in [0.5, 0.6) is 5.75 Å². The topological polar surface area (TPSA) is 33.1 Å². The van der Waals surface area contributed by atoms with Gasteiger partial charge in [0.25, 0.3) is 0 Å². The first-order valence-corrected chi connectivity index (χ1v) is 11.7. The lowest BCUT2D eigenvalue weighted by atomic mass is 9.75. The number of aromatic hydroxyl groups is 1. The molecule has 166 valence electrons. The zero-order valence-electron chi connectivity index (χ0n) is 18.7. The summed E-state index contributed by atoms with van der Waals surface area (Å²) < 4.78 is 0. The van der Waals surface area contributed by atoms with E-state index in [0.29, 0.717) is 5.75 Å². The number of pyridine rings is 1. The summed E-state index contributed by atoms with van der Waals surface area (Å²) in [6.45, 7) is 0. The van der Waals surface area contributed by atoms with Crippen LogP contribution in [0.25, 0.3) is 43.4 Å². The number of halogens is 1. The van der Waals surface area contributed by atoms with Crippen molar-refractivity contribution in [2.24, 2.45) is 0 Å². The molecule has 3 heteroatoms. The molecule has 1 aromatic heterocycles. The third-order valence-corrected chi connectivity index (χ3v) is 7.41. The number of para-hydroxylation sites is 1. The molecule has 6 aromatic rings. The lowest BCUT2D eigenvalue weighted by Gasteiger charge is -2.29. The highest BCUT2D eigenvalue weighted by Gasteiger charge is 2.28. The number of fused-ring (bicyclic) bond motifs is 7. The lowest BCUT2D eigenvalue weighted by molar-refractivity contribution is 0.461. The summed E-state index contributed by atoms with van der Waals surface area (Å²) in [5.74, 6) is 0.514.